The first-order valence-electron chi connectivity index (χ1n) is 8.22. The van der Waals surface area contributed by atoms with Crippen LogP contribution in [-0.4, -0.2) is 17.6 Å². The first-order valence-corrected chi connectivity index (χ1v) is 8.22. The summed E-state index contributed by atoms with van der Waals surface area (Å²) in [4.78, 5) is 12.6. The summed E-state index contributed by atoms with van der Waals surface area (Å²) in [6, 6.07) is 15.7. The van der Waals surface area contributed by atoms with Crippen LogP contribution in [0.15, 0.2) is 54.6 Å². The lowest BCUT2D eigenvalue weighted by atomic mass is 9.93. The molecule has 126 valence electrons. The van der Waals surface area contributed by atoms with Crippen molar-refractivity contribution >= 4 is 5.91 Å². The molecule has 3 nitrogen and oxygen atoms in total. The predicted molar refractivity (Wildman–Crippen MR) is 90.8 cm³/mol. The Balaban J connectivity index is 1.61. The maximum Gasteiger partial charge on any atom is 0.226 e. The van der Waals surface area contributed by atoms with Gasteiger partial charge in [0.25, 0.3) is 0 Å². The molecule has 0 radical (unpaired) electrons. The van der Waals surface area contributed by atoms with Crippen molar-refractivity contribution in [2.45, 2.75) is 31.8 Å². The SMILES string of the molecule is CC(O)(CNC(=O)C1(Cc2ccccc2)CC1)c1ccc(F)cc1. The molecule has 2 aromatic rings. The van der Waals surface area contributed by atoms with E-state index >= 15 is 0 Å². The molecule has 1 aliphatic rings. The van der Waals surface area contributed by atoms with Crippen LogP contribution in [0.3, 0.4) is 0 Å². The monoisotopic (exact) mass is 327 g/mol. The van der Waals surface area contributed by atoms with Gasteiger partial charge in [0.15, 0.2) is 0 Å². The van der Waals surface area contributed by atoms with E-state index in [1.807, 2.05) is 30.3 Å². The summed E-state index contributed by atoms with van der Waals surface area (Å²) in [6.45, 7) is 1.73. The van der Waals surface area contributed by atoms with E-state index in [0.29, 0.717) is 5.56 Å². The van der Waals surface area contributed by atoms with E-state index < -0.39 is 5.60 Å². The van der Waals surface area contributed by atoms with Gasteiger partial charge in [0, 0.05) is 0 Å². The fourth-order valence-electron chi connectivity index (χ4n) is 2.97. The molecule has 0 spiro atoms. The van der Waals surface area contributed by atoms with Gasteiger partial charge in [-0.2, -0.15) is 0 Å². The van der Waals surface area contributed by atoms with E-state index in [4.69, 9.17) is 0 Å². The molecule has 0 saturated heterocycles. The van der Waals surface area contributed by atoms with E-state index in [-0.39, 0.29) is 23.7 Å². The highest BCUT2D eigenvalue weighted by atomic mass is 19.1. The molecule has 4 heteroatoms. The van der Waals surface area contributed by atoms with Crippen LogP contribution in [0.1, 0.15) is 30.9 Å². The number of halogens is 1. The standard InChI is InChI=1S/C20H22FNO2/c1-19(24,16-7-9-17(21)10-8-16)14-22-18(23)20(11-12-20)13-15-5-3-2-4-6-15/h2-10,24H,11-14H2,1H3,(H,22,23). The van der Waals surface area contributed by atoms with Crippen molar-refractivity contribution in [1.82, 2.24) is 5.32 Å². The molecular formula is C20H22FNO2. The van der Waals surface area contributed by atoms with Crippen LogP contribution in [0.5, 0.6) is 0 Å². The summed E-state index contributed by atoms with van der Waals surface area (Å²) in [5.41, 5.74) is 0.152. The quantitative estimate of drug-likeness (QED) is 0.856. The third kappa shape index (κ3) is 3.65. The van der Waals surface area contributed by atoms with Crippen LogP contribution in [0.2, 0.25) is 0 Å². The Bertz CT molecular complexity index is 706. The molecule has 1 saturated carbocycles. The highest BCUT2D eigenvalue weighted by Gasteiger charge is 2.49. The lowest BCUT2D eigenvalue weighted by Crippen LogP contribution is -2.42. The van der Waals surface area contributed by atoms with Crippen LogP contribution in [0.25, 0.3) is 0 Å². The van der Waals surface area contributed by atoms with E-state index in [0.717, 1.165) is 24.8 Å². The average Bonchev–Trinajstić information content (AvgIpc) is 3.35. The van der Waals surface area contributed by atoms with Crippen molar-refractivity contribution in [3.63, 3.8) is 0 Å². The van der Waals surface area contributed by atoms with Crippen LogP contribution in [0.4, 0.5) is 4.39 Å². The van der Waals surface area contributed by atoms with Crippen molar-refractivity contribution in [3.8, 4) is 0 Å². The average molecular weight is 327 g/mol. The number of carbonyl (C=O) groups excluding carboxylic acids is 1. The fraction of sp³-hybridized carbons (Fsp3) is 0.350. The van der Waals surface area contributed by atoms with Crippen LogP contribution >= 0.6 is 0 Å². The van der Waals surface area contributed by atoms with Crippen molar-refractivity contribution in [1.29, 1.82) is 0 Å². The molecule has 0 aliphatic heterocycles. The van der Waals surface area contributed by atoms with Gasteiger partial charge in [0.05, 0.1) is 12.0 Å². The Morgan fingerprint density at radius 3 is 2.38 bits per heavy atom. The predicted octanol–water partition coefficient (Wildman–Crippen LogP) is 3.17. The van der Waals surface area contributed by atoms with Gasteiger partial charge in [-0.3, -0.25) is 4.79 Å². The van der Waals surface area contributed by atoms with E-state index in [1.54, 1.807) is 19.1 Å². The highest BCUT2D eigenvalue weighted by Crippen LogP contribution is 2.48. The third-order valence-corrected chi connectivity index (χ3v) is 4.78. The second kappa shape index (κ2) is 6.36. The number of hydrogen-bond donors (Lipinski definition) is 2. The molecule has 1 atom stereocenters. The summed E-state index contributed by atoms with van der Waals surface area (Å²) < 4.78 is 13.0. The van der Waals surface area contributed by atoms with E-state index in [1.165, 1.54) is 12.1 Å². The van der Waals surface area contributed by atoms with Gasteiger partial charge in [-0.25, -0.2) is 4.39 Å². The largest absolute Gasteiger partial charge is 0.384 e. The molecule has 0 heterocycles. The van der Waals surface area contributed by atoms with Crippen molar-refractivity contribution in [2.75, 3.05) is 6.54 Å². The second-order valence-electron chi connectivity index (χ2n) is 6.91. The molecule has 3 rings (SSSR count). The highest BCUT2D eigenvalue weighted by molar-refractivity contribution is 5.85. The van der Waals surface area contributed by atoms with Gasteiger partial charge in [-0.15, -0.1) is 0 Å². The third-order valence-electron chi connectivity index (χ3n) is 4.78. The first-order chi connectivity index (χ1) is 11.4. The number of aliphatic hydroxyl groups is 1. The molecule has 1 fully saturated rings. The number of amides is 1. The molecule has 0 bridgehead atoms. The summed E-state index contributed by atoms with van der Waals surface area (Å²) in [5.74, 6) is -0.368. The number of hydrogen-bond acceptors (Lipinski definition) is 2. The van der Waals surface area contributed by atoms with Gasteiger partial charge in [0.2, 0.25) is 5.91 Å². The van der Waals surface area contributed by atoms with Gasteiger partial charge in [-0.1, -0.05) is 42.5 Å². The molecule has 1 amide bonds. The topological polar surface area (TPSA) is 49.3 Å². The number of carbonyl (C=O) groups is 1. The molecule has 1 aliphatic carbocycles. The summed E-state index contributed by atoms with van der Waals surface area (Å²) in [5, 5.41) is 13.4. The smallest absolute Gasteiger partial charge is 0.226 e. The minimum absolute atomic E-state index is 0.0197. The molecule has 2 aromatic carbocycles. The fourth-order valence-corrected chi connectivity index (χ4v) is 2.97. The van der Waals surface area contributed by atoms with Crippen LogP contribution < -0.4 is 5.32 Å². The lowest BCUT2D eigenvalue weighted by molar-refractivity contribution is -0.127. The minimum atomic E-state index is -1.23. The molecule has 0 aromatic heterocycles. The normalized spacial score (nSPS) is 17.8. The minimum Gasteiger partial charge on any atom is -0.384 e. The van der Waals surface area contributed by atoms with E-state index in [9.17, 15) is 14.3 Å². The maximum absolute atomic E-state index is 13.0. The Kier molecular flexibility index (Phi) is 4.41. The maximum atomic E-state index is 13.0. The zero-order valence-corrected chi connectivity index (χ0v) is 13.8. The van der Waals surface area contributed by atoms with Crippen molar-refractivity contribution in [2.24, 2.45) is 5.41 Å². The summed E-state index contributed by atoms with van der Waals surface area (Å²) in [7, 11) is 0. The molecule has 2 N–H and O–H groups in total. The second-order valence-corrected chi connectivity index (χ2v) is 6.91. The van der Waals surface area contributed by atoms with Gasteiger partial charge < -0.3 is 10.4 Å². The molecular weight excluding hydrogens is 305 g/mol. The zero-order valence-electron chi connectivity index (χ0n) is 13.8. The summed E-state index contributed by atoms with van der Waals surface area (Å²) in [6.07, 6.45) is 2.46. The van der Waals surface area contributed by atoms with Gasteiger partial charge in [-0.05, 0) is 49.4 Å². The number of nitrogens with one attached hydrogen (secondary N) is 1. The lowest BCUT2D eigenvalue weighted by Gasteiger charge is -2.26. The Hall–Kier alpha value is -2.20. The molecule has 24 heavy (non-hydrogen) atoms. The van der Waals surface area contributed by atoms with Gasteiger partial charge >= 0.3 is 0 Å². The zero-order chi connectivity index (χ0) is 17.2. The van der Waals surface area contributed by atoms with Gasteiger partial charge in [0.1, 0.15) is 11.4 Å². The Morgan fingerprint density at radius 1 is 1.17 bits per heavy atom. The Morgan fingerprint density at radius 2 is 1.79 bits per heavy atom. The summed E-state index contributed by atoms with van der Waals surface area (Å²) >= 11 is 0. The van der Waals surface area contributed by atoms with Crippen LogP contribution in [0, 0.1) is 11.2 Å². The van der Waals surface area contributed by atoms with E-state index in [2.05, 4.69) is 5.32 Å². The van der Waals surface area contributed by atoms with Crippen molar-refractivity contribution < 1.29 is 14.3 Å². The number of rotatable bonds is 6. The molecule has 1 unspecified atom stereocenters. The number of benzene rings is 2. The Labute approximate surface area is 141 Å². The first kappa shape index (κ1) is 16.7. The van der Waals surface area contributed by atoms with Crippen LogP contribution in [-0.2, 0) is 16.8 Å². The van der Waals surface area contributed by atoms with Crippen molar-refractivity contribution in [3.05, 3.63) is 71.5 Å².